The van der Waals surface area contributed by atoms with Gasteiger partial charge in [-0.3, -0.25) is 4.79 Å². The quantitative estimate of drug-likeness (QED) is 0.772. The van der Waals surface area contributed by atoms with Gasteiger partial charge in [0.15, 0.2) is 0 Å². The van der Waals surface area contributed by atoms with E-state index in [2.05, 4.69) is 33.0 Å². The van der Waals surface area contributed by atoms with E-state index in [9.17, 15) is 4.79 Å². The molecule has 0 aromatic rings. The Morgan fingerprint density at radius 1 is 1.24 bits per heavy atom. The zero-order chi connectivity index (χ0) is 13.3. The van der Waals surface area contributed by atoms with Crippen LogP contribution in [0.3, 0.4) is 0 Å². The third-order valence-electron chi connectivity index (χ3n) is 3.60. The van der Waals surface area contributed by atoms with Crippen molar-refractivity contribution < 1.29 is 9.53 Å². The van der Waals surface area contributed by atoms with Crippen LogP contribution in [0.25, 0.3) is 0 Å². The number of carbonyl (C=O) groups excluding carboxylic acids is 1. The first kappa shape index (κ1) is 14.5. The molecule has 0 unspecified atom stereocenters. The smallest absolute Gasteiger partial charge is 0.322 e. The Bertz CT molecular complexity index is 268. The number of nitrogens with one attached hydrogen (secondary N) is 1. The molecule has 1 saturated carbocycles. The maximum Gasteiger partial charge on any atom is 0.322 e. The molecular weight excluding hydrogens is 214 g/mol. The Balaban J connectivity index is 2.62. The van der Waals surface area contributed by atoms with Crippen LogP contribution >= 0.6 is 0 Å². The van der Waals surface area contributed by atoms with Crippen molar-refractivity contribution in [2.45, 2.75) is 66.0 Å². The van der Waals surface area contributed by atoms with Gasteiger partial charge >= 0.3 is 5.97 Å². The Morgan fingerprint density at radius 3 is 2.12 bits per heavy atom. The second kappa shape index (κ2) is 4.97. The van der Waals surface area contributed by atoms with Crippen LogP contribution in [0.5, 0.6) is 0 Å². The minimum Gasteiger partial charge on any atom is -0.468 e. The highest BCUT2D eigenvalue weighted by Gasteiger charge is 2.39. The summed E-state index contributed by atoms with van der Waals surface area (Å²) >= 11 is 0. The van der Waals surface area contributed by atoms with Crippen molar-refractivity contribution in [1.82, 2.24) is 5.32 Å². The molecule has 0 heterocycles. The predicted molar refractivity (Wildman–Crippen MR) is 69.8 cm³/mol. The van der Waals surface area contributed by atoms with E-state index in [0.29, 0.717) is 16.9 Å². The lowest BCUT2D eigenvalue weighted by Gasteiger charge is -2.45. The Kier molecular flexibility index (Phi) is 4.23. The summed E-state index contributed by atoms with van der Waals surface area (Å²) in [5.74, 6) is -0.175. The van der Waals surface area contributed by atoms with Crippen LogP contribution in [0.15, 0.2) is 0 Å². The van der Waals surface area contributed by atoms with Gasteiger partial charge in [-0.25, -0.2) is 0 Å². The summed E-state index contributed by atoms with van der Waals surface area (Å²) in [4.78, 5) is 11.4. The van der Waals surface area contributed by atoms with Gasteiger partial charge in [0.25, 0.3) is 0 Å². The largest absolute Gasteiger partial charge is 0.468 e. The third-order valence-corrected chi connectivity index (χ3v) is 3.60. The van der Waals surface area contributed by atoms with Crippen LogP contribution in [-0.2, 0) is 9.53 Å². The van der Waals surface area contributed by atoms with Gasteiger partial charge in [-0.1, -0.05) is 27.7 Å². The first-order valence-corrected chi connectivity index (χ1v) is 6.49. The fourth-order valence-corrected chi connectivity index (χ4v) is 3.56. The van der Waals surface area contributed by atoms with Crippen LogP contribution in [0, 0.1) is 10.8 Å². The molecule has 1 rings (SSSR count). The van der Waals surface area contributed by atoms with Gasteiger partial charge in [0.2, 0.25) is 0 Å². The highest BCUT2D eigenvalue weighted by molar-refractivity contribution is 5.75. The van der Waals surface area contributed by atoms with E-state index >= 15 is 0 Å². The molecule has 0 spiro atoms. The predicted octanol–water partition coefficient (Wildman–Crippen LogP) is 2.74. The lowest BCUT2D eigenvalue weighted by atomic mass is 9.63. The number of rotatable bonds is 3. The minimum atomic E-state index is -0.213. The molecular formula is C14H27NO2. The number of hydrogen-bond acceptors (Lipinski definition) is 3. The molecule has 0 bridgehead atoms. The summed E-state index contributed by atoms with van der Waals surface area (Å²) in [5.41, 5.74) is 0.685. The zero-order valence-electron chi connectivity index (χ0n) is 12.1. The fraction of sp³-hybridized carbons (Fsp3) is 0.929. The molecule has 1 aliphatic carbocycles. The second-order valence-electron chi connectivity index (χ2n) is 7.02. The molecule has 3 heteroatoms. The summed E-state index contributed by atoms with van der Waals surface area (Å²) in [6, 6.07) is 0.192. The lowest BCUT2D eigenvalue weighted by molar-refractivity contribution is -0.143. The molecule has 0 saturated heterocycles. The van der Waals surface area contributed by atoms with Gasteiger partial charge in [-0.15, -0.1) is 0 Å². The first-order valence-electron chi connectivity index (χ1n) is 6.49. The maximum absolute atomic E-state index is 11.4. The Hall–Kier alpha value is -0.570. The molecule has 0 aliphatic heterocycles. The van der Waals surface area contributed by atoms with Gasteiger partial charge in [0.05, 0.1) is 7.11 Å². The van der Waals surface area contributed by atoms with Crippen molar-refractivity contribution in [3.63, 3.8) is 0 Å². The highest BCUT2D eigenvalue weighted by Crippen LogP contribution is 2.45. The molecule has 0 amide bonds. The van der Waals surface area contributed by atoms with Crippen molar-refractivity contribution in [2.75, 3.05) is 7.11 Å². The van der Waals surface area contributed by atoms with Crippen LogP contribution < -0.4 is 5.32 Å². The molecule has 0 aromatic carbocycles. The second-order valence-corrected chi connectivity index (χ2v) is 7.02. The van der Waals surface area contributed by atoms with Gasteiger partial charge in [0.1, 0.15) is 6.04 Å². The van der Waals surface area contributed by atoms with E-state index in [1.54, 1.807) is 0 Å². The average molecular weight is 241 g/mol. The number of carbonyl (C=O) groups is 1. The fourth-order valence-electron chi connectivity index (χ4n) is 3.56. The first-order chi connectivity index (χ1) is 7.65. The van der Waals surface area contributed by atoms with Crippen LogP contribution in [0.4, 0.5) is 0 Å². The van der Waals surface area contributed by atoms with E-state index in [4.69, 9.17) is 4.74 Å². The monoisotopic (exact) mass is 241 g/mol. The van der Waals surface area contributed by atoms with E-state index in [-0.39, 0.29) is 12.0 Å². The number of hydrogen-bond donors (Lipinski definition) is 1. The molecule has 0 aromatic heterocycles. The van der Waals surface area contributed by atoms with Crippen molar-refractivity contribution in [3.8, 4) is 0 Å². The zero-order valence-corrected chi connectivity index (χ0v) is 12.1. The van der Waals surface area contributed by atoms with E-state index in [1.807, 2.05) is 6.92 Å². The molecule has 17 heavy (non-hydrogen) atoms. The maximum atomic E-state index is 11.4. The third kappa shape index (κ3) is 4.30. The summed E-state index contributed by atoms with van der Waals surface area (Å²) in [7, 11) is 1.44. The van der Waals surface area contributed by atoms with E-state index in [1.165, 1.54) is 13.5 Å². The molecule has 1 atom stereocenters. The van der Waals surface area contributed by atoms with Crippen LogP contribution in [0.2, 0.25) is 0 Å². The molecule has 1 fully saturated rings. The van der Waals surface area contributed by atoms with Gasteiger partial charge in [0, 0.05) is 6.04 Å². The van der Waals surface area contributed by atoms with Crippen LogP contribution in [-0.4, -0.2) is 25.2 Å². The van der Waals surface area contributed by atoms with Crippen molar-refractivity contribution in [2.24, 2.45) is 10.8 Å². The summed E-state index contributed by atoms with van der Waals surface area (Å²) in [6.45, 7) is 11.1. The minimum absolute atomic E-state index is 0.175. The van der Waals surface area contributed by atoms with Gasteiger partial charge in [-0.05, 0) is 37.0 Å². The lowest BCUT2D eigenvalue weighted by Crippen LogP contribution is -2.49. The number of esters is 1. The van der Waals surface area contributed by atoms with Crippen molar-refractivity contribution >= 4 is 5.97 Å². The van der Waals surface area contributed by atoms with Crippen molar-refractivity contribution in [3.05, 3.63) is 0 Å². The summed E-state index contributed by atoms with van der Waals surface area (Å²) in [5, 5.41) is 3.41. The van der Waals surface area contributed by atoms with Gasteiger partial charge in [-0.2, -0.15) is 0 Å². The highest BCUT2D eigenvalue weighted by atomic mass is 16.5. The molecule has 1 aliphatic rings. The summed E-state index contributed by atoms with van der Waals surface area (Å²) < 4.78 is 4.76. The molecule has 3 nitrogen and oxygen atoms in total. The molecule has 0 radical (unpaired) electrons. The van der Waals surface area contributed by atoms with E-state index in [0.717, 1.165) is 12.8 Å². The molecule has 100 valence electrons. The topological polar surface area (TPSA) is 38.3 Å². The Labute approximate surface area is 105 Å². The number of ether oxygens (including phenoxy) is 1. The van der Waals surface area contributed by atoms with E-state index < -0.39 is 0 Å². The normalized spacial score (nSPS) is 25.3. The van der Waals surface area contributed by atoms with Crippen molar-refractivity contribution in [1.29, 1.82) is 0 Å². The van der Waals surface area contributed by atoms with Crippen LogP contribution in [0.1, 0.15) is 53.9 Å². The number of methoxy groups -OCH3 is 1. The standard InChI is InChI=1S/C14H27NO2/c1-10(12(16)17-6)15-11-7-13(2,3)9-14(4,5)8-11/h10-11,15H,7-9H2,1-6H3/t10-/m1/s1. The Morgan fingerprint density at radius 2 is 1.71 bits per heavy atom. The SMILES string of the molecule is COC(=O)[C@@H](C)NC1CC(C)(C)CC(C)(C)C1. The van der Waals surface area contributed by atoms with Gasteiger partial charge < -0.3 is 10.1 Å². The molecule has 1 N–H and O–H groups in total. The summed E-state index contributed by atoms with van der Waals surface area (Å²) in [6.07, 6.45) is 3.49. The average Bonchev–Trinajstić information content (AvgIpc) is 2.11.